The standard InChI is InChI=1S/C14H28O/c1-5-8-11(2)13(15)12-9-6-7-10-14(12,3)4/h11-13,15H,5-10H2,1-4H3. The summed E-state index contributed by atoms with van der Waals surface area (Å²) in [5.41, 5.74) is 0.347. The van der Waals surface area contributed by atoms with Crippen LogP contribution >= 0.6 is 0 Å². The summed E-state index contributed by atoms with van der Waals surface area (Å²) in [6.07, 6.45) is 7.43. The average molecular weight is 212 g/mol. The number of rotatable bonds is 4. The smallest absolute Gasteiger partial charge is 0.0599 e. The van der Waals surface area contributed by atoms with Crippen LogP contribution in [0.2, 0.25) is 0 Å². The molecule has 1 heteroatoms. The molecule has 3 atom stereocenters. The van der Waals surface area contributed by atoms with Crippen molar-refractivity contribution in [2.45, 2.75) is 72.3 Å². The van der Waals surface area contributed by atoms with Gasteiger partial charge in [-0.1, -0.05) is 47.0 Å². The monoisotopic (exact) mass is 212 g/mol. The van der Waals surface area contributed by atoms with Crippen LogP contribution in [-0.2, 0) is 0 Å². The van der Waals surface area contributed by atoms with E-state index in [4.69, 9.17) is 0 Å². The maximum atomic E-state index is 10.4. The fourth-order valence-electron chi connectivity index (χ4n) is 3.18. The van der Waals surface area contributed by atoms with E-state index in [1.54, 1.807) is 0 Å². The average Bonchev–Trinajstić information content (AvgIpc) is 2.16. The first-order valence-corrected chi connectivity index (χ1v) is 6.67. The molecule has 1 saturated carbocycles. The van der Waals surface area contributed by atoms with E-state index in [1.807, 2.05) is 0 Å². The predicted octanol–water partition coefficient (Wildman–Crippen LogP) is 4.00. The molecule has 0 aliphatic heterocycles. The zero-order valence-electron chi connectivity index (χ0n) is 10.9. The van der Waals surface area contributed by atoms with Gasteiger partial charge in [-0.3, -0.25) is 0 Å². The van der Waals surface area contributed by atoms with Crippen LogP contribution in [0.4, 0.5) is 0 Å². The highest BCUT2D eigenvalue weighted by Gasteiger charge is 2.38. The Kier molecular flexibility index (Phi) is 4.64. The molecule has 15 heavy (non-hydrogen) atoms. The molecule has 90 valence electrons. The summed E-state index contributed by atoms with van der Waals surface area (Å²) in [7, 11) is 0. The van der Waals surface area contributed by atoms with Crippen molar-refractivity contribution in [2.75, 3.05) is 0 Å². The van der Waals surface area contributed by atoms with Gasteiger partial charge in [-0.2, -0.15) is 0 Å². The highest BCUT2D eigenvalue weighted by Crippen LogP contribution is 2.44. The molecule has 0 spiro atoms. The second-order valence-electron chi connectivity index (χ2n) is 6.10. The Morgan fingerprint density at radius 1 is 1.33 bits per heavy atom. The van der Waals surface area contributed by atoms with E-state index >= 15 is 0 Å². The highest BCUT2D eigenvalue weighted by molar-refractivity contribution is 4.88. The lowest BCUT2D eigenvalue weighted by molar-refractivity contribution is -0.0265. The van der Waals surface area contributed by atoms with Gasteiger partial charge in [-0.05, 0) is 36.5 Å². The topological polar surface area (TPSA) is 20.2 Å². The van der Waals surface area contributed by atoms with Crippen LogP contribution < -0.4 is 0 Å². The number of aliphatic hydroxyl groups excluding tert-OH is 1. The molecule has 0 heterocycles. The molecular weight excluding hydrogens is 184 g/mol. The van der Waals surface area contributed by atoms with Gasteiger partial charge in [0.25, 0.3) is 0 Å². The second-order valence-corrected chi connectivity index (χ2v) is 6.10. The molecule has 0 bridgehead atoms. The molecule has 1 aliphatic rings. The first-order chi connectivity index (χ1) is 6.99. The fourth-order valence-corrected chi connectivity index (χ4v) is 3.18. The van der Waals surface area contributed by atoms with Gasteiger partial charge in [-0.15, -0.1) is 0 Å². The number of hydrogen-bond donors (Lipinski definition) is 1. The summed E-state index contributed by atoms with van der Waals surface area (Å²) in [6.45, 7) is 9.07. The van der Waals surface area contributed by atoms with Crippen LogP contribution in [0.3, 0.4) is 0 Å². The van der Waals surface area contributed by atoms with E-state index in [2.05, 4.69) is 27.7 Å². The summed E-state index contributed by atoms with van der Waals surface area (Å²) in [5, 5.41) is 10.4. The van der Waals surface area contributed by atoms with Gasteiger partial charge >= 0.3 is 0 Å². The minimum absolute atomic E-state index is 0.0831. The third kappa shape index (κ3) is 3.21. The first-order valence-electron chi connectivity index (χ1n) is 6.67. The van der Waals surface area contributed by atoms with Crippen LogP contribution in [-0.4, -0.2) is 11.2 Å². The Morgan fingerprint density at radius 2 is 2.00 bits per heavy atom. The Morgan fingerprint density at radius 3 is 2.53 bits per heavy atom. The van der Waals surface area contributed by atoms with Gasteiger partial charge in [0.15, 0.2) is 0 Å². The Labute approximate surface area is 95.3 Å². The third-order valence-electron chi connectivity index (χ3n) is 4.33. The van der Waals surface area contributed by atoms with E-state index in [1.165, 1.54) is 32.1 Å². The zero-order chi connectivity index (χ0) is 11.5. The summed E-state index contributed by atoms with van der Waals surface area (Å²) >= 11 is 0. The van der Waals surface area contributed by atoms with Gasteiger partial charge < -0.3 is 5.11 Å². The van der Waals surface area contributed by atoms with Gasteiger partial charge in [0.05, 0.1) is 6.10 Å². The lowest BCUT2D eigenvalue weighted by Crippen LogP contribution is -2.40. The van der Waals surface area contributed by atoms with E-state index < -0.39 is 0 Å². The van der Waals surface area contributed by atoms with Crippen molar-refractivity contribution in [1.29, 1.82) is 0 Å². The van der Waals surface area contributed by atoms with Gasteiger partial charge in [0, 0.05) is 0 Å². The molecule has 3 unspecified atom stereocenters. The molecule has 0 aromatic rings. The summed E-state index contributed by atoms with van der Waals surface area (Å²) in [5.74, 6) is 0.991. The van der Waals surface area contributed by atoms with Gasteiger partial charge in [0.2, 0.25) is 0 Å². The molecule has 0 aromatic carbocycles. The zero-order valence-corrected chi connectivity index (χ0v) is 10.9. The minimum atomic E-state index is -0.0831. The molecule has 0 amide bonds. The quantitative estimate of drug-likeness (QED) is 0.747. The SMILES string of the molecule is CCCC(C)C(O)C1CCCCC1(C)C. The van der Waals surface area contributed by atoms with Crippen LogP contribution in [0.25, 0.3) is 0 Å². The van der Waals surface area contributed by atoms with E-state index in [0.29, 0.717) is 17.3 Å². The van der Waals surface area contributed by atoms with Crippen LogP contribution in [0.5, 0.6) is 0 Å². The Balaban J connectivity index is 2.59. The van der Waals surface area contributed by atoms with Crippen LogP contribution in [0.15, 0.2) is 0 Å². The molecule has 1 aliphatic carbocycles. The largest absolute Gasteiger partial charge is 0.393 e. The van der Waals surface area contributed by atoms with Crippen molar-refractivity contribution in [1.82, 2.24) is 0 Å². The minimum Gasteiger partial charge on any atom is -0.393 e. The second kappa shape index (κ2) is 5.34. The third-order valence-corrected chi connectivity index (χ3v) is 4.33. The van der Waals surface area contributed by atoms with Gasteiger partial charge in [-0.25, -0.2) is 0 Å². The Hall–Kier alpha value is -0.0400. The molecule has 1 nitrogen and oxygen atoms in total. The van der Waals surface area contributed by atoms with E-state index in [-0.39, 0.29) is 6.10 Å². The molecule has 1 fully saturated rings. The molecule has 0 saturated heterocycles. The summed E-state index contributed by atoms with van der Waals surface area (Å²) in [4.78, 5) is 0. The Bertz CT molecular complexity index is 186. The fraction of sp³-hybridized carbons (Fsp3) is 1.00. The van der Waals surface area contributed by atoms with Crippen LogP contribution in [0, 0.1) is 17.3 Å². The molecular formula is C14H28O. The molecule has 1 N–H and O–H groups in total. The molecule has 0 radical (unpaired) electrons. The van der Waals surface area contributed by atoms with Crippen molar-refractivity contribution in [2.24, 2.45) is 17.3 Å². The summed E-state index contributed by atoms with van der Waals surface area (Å²) in [6, 6.07) is 0. The molecule has 1 rings (SSSR count). The van der Waals surface area contributed by atoms with Crippen molar-refractivity contribution in [3.63, 3.8) is 0 Å². The van der Waals surface area contributed by atoms with Crippen LogP contribution in [0.1, 0.15) is 66.2 Å². The summed E-state index contributed by atoms with van der Waals surface area (Å²) < 4.78 is 0. The number of aliphatic hydroxyl groups is 1. The van der Waals surface area contributed by atoms with E-state index in [9.17, 15) is 5.11 Å². The van der Waals surface area contributed by atoms with Crippen molar-refractivity contribution in [3.8, 4) is 0 Å². The van der Waals surface area contributed by atoms with E-state index in [0.717, 1.165) is 6.42 Å². The lowest BCUT2D eigenvalue weighted by Gasteiger charge is -2.43. The van der Waals surface area contributed by atoms with Gasteiger partial charge in [0.1, 0.15) is 0 Å². The number of hydrogen-bond acceptors (Lipinski definition) is 1. The predicted molar refractivity (Wildman–Crippen MR) is 65.8 cm³/mol. The first kappa shape index (κ1) is 13.0. The van der Waals surface area contributed by atoms with Crippen molar-refractivity contribution in [3.05, 3.63) is 0 Å². The highest BCUT2D eigenvalue weighted by atomic mass is 16.3. The van der Waals surface area contributed by atoms with Crippen molar-refractivity contribution < 1.29 is 5.11 Å². The maximum Gasteiger partial charge on any atom is 0.0599 e. The normalized spacial score (nSPS) is 29.8. The van der Waals surface area contributed by atoms with Crippen molar-refractivity contribution >= 4 is 0 Å². The lowest BCUT2D eigenvalue weighted by atomic mass is 9.64. The molecule has 0 aromatic heterocycles. The maximum absolute atomic E-state index is 10.4.